The summed E-state index contributed by atoms with van der Waals surface area (Å²) in [6, 6.07) is 8.91. The third-order valence-electron chi connectivity index (χ3n) is 3.89. The van der Waals surface area contributed by atoms with Crippen molar-refractivity contribution in [3.63, 3.8) is 0 Å². The molecular formula is C17H15N7O2S. The fraction of sp³-hybridized carbons (Fsp3) is 0.118. The first-order chi connectivity index (χ1) is 13.1. The van der Waals surface area contributed by atoms with Crippen LogP contribution in [-0.2, 0) is 11.8 Å². The Morgan fingerprint density at radius 1 is 1.22 bits per heavy atom. The number of hydrogen-bond donors (Lipinski definition) is 3. The number of H-pyrrole nitrogens is 2. The van der Waals surface area contributed by atoms with E-state index < -0.39 is 0 Å². The van der Waals surface area contributed by atoms with Gasteiger partial charge in [-0.25, -0.2) is 4.79 Å². The molecule has 4 rings (SSSR count). The molecule has 4 aromatic rings. The second kappa shape index (κ2) is 7.08. The molecule has 0 aliphatic rings. The quantitative estimate of drug-likeness (QED) is 0.453. The predicted octanol–water partition coefficient (Wildman–Crippen LogP) is 1.78. The Balaban J connectivity index is 1.41. The number of nitrogens with zero attached hydrogens (tertiary/aromatic N) is 4. The summed E-state index contributed by atoms with van der Waals surface area (Å²) in [7, 11) is 1.85. The van der Waals surface area contributed by atoms with E-state index in [2.05, 4.69) is 30.5 Å². The summed E-state index contributed by atoms with van der Waals surface area (Å²) in [6.45, 7) is 0. The molecule has 0 aliphatic carbocycles. The maximum absolute atomic E-state index is 12.2. The lowest BCUT2D eigenvalue weighted by atomic mass is 10.3. The highest BCUT2D eigenvalue weighted by molar-refractivity contribution is 7.99. The minimum atomic E-state index is -0.282. The van der Waals surface area contributed by atoms with Crippen molar-refractivity contribution in [2.75, 3.05) is 11.1 Å². The summed E-state index contributed by atoms with van der Waals surface area (Å²) in [5, 5.41) is 11.7. The van der Waals surface area contributed by atoms with Crippen molar-refractivity contribution >= 4 is 34.4 Å². The number of thioether (sulfide) groups is 1. The van der Waals surface area contributed by atoms with Gasteiger partial charge in [0.25, 0.3) is 0 Å². The first-order valence-corrected chi connectivity index (χ1v) is 9.03. The molecule has 27 heavy (non-hydrogen) atoms. The van der Waals surface area contributed by atoms with Gasteiger partial charge >= 0.3 is 5.69 Å². The molecule has 1 aromatic carbocycles. The van der Waals surface area contributed by atoms with Crippen LogP contribution in [0.25, 0.3) is 22.4 Å². The van der Waals surface area contributed by atoms with Crippen LogP contribution in [0.1, 0.15) is 0 Å². The zero-order chi connectivity index (χ0) is 18.8. The van der Waals surface area contributed by atoms with Crippen molar-refractivity contribution in [2.24, 2.45) is 7.05 Å². The molecule has 136 valence electrons. The minimum absolute atomic E-state index is 0.178. The van der Waals surface area contributed by atoms with Crippen molar-refractivity contribution in [2.45, 2.75) is 5.16 Å². The van der Waals surface area contributed by atoms with Crippen molar-refractivity contribution in [3.05, 3.63) is 53.2 Å². The van der Waals surface area contributed by atoms with E-state index in [0.717, 1.165) is 5.56 Å². The molecule has 0 atom stereocenters. The lowest BCUT2D eigenvalue weighted by Crippen LogP contribution is -2.14. The topological polar surface area (TPSA) is 121 Å². The van der Waals surface area contributed by atoms with Crippen LogP contribution in [0.4, 0.5) is 5.69 Å². The molecule has 0 spiro atoms. The van der Waals surface area contributed by atoms with Crippen LogP contribution < -0.4 is 11.0 Å². The maximum Gasteiger partial charge on any atom is 0.323 e. The van der Waals surface area contributed by atoms with Gasteiger partial charge in [-0.3, -0.25) is 9.78 Å². The number of carbonyl (C=O) groups excluding carboxylic acids is 1. The summed E-state index contributed by atoms with van der Waals surface area (Å²) in [5.74, 6) is 0.691. The molecule has 0 aliphatic heterocycles. The van der Waals surface area contributed by atoms with E-state index >= 15 is 0 Å². The fourth-order valence-corrected chi connectivity index (χ4v) is 3.34. The number of hydrogen-bond acceptors (Lipinski definition) is 6. The van der Waals surface area contributed by atoms with Gasteiger partial charge < -0.3 is 19.9 Å². The summed E-state index contributed by atoms with van der Waals surface area (Å²) < 4.78 is 1.82. The molecule has 3 heterocycles. The Morgan fingerprint density at radius 3 is 2.89 bits per heavy atom. The number of pyridine rings is 1. The molecule has 0 bridgehead atoms. The Morgan fingerprint density at radius 2 is 2.07 bits per heavy atom. The van der Waals surface area contributed by atoms with E-state index in [-0.39, 0.29) is 17.3 Å². The van der Waals surface area contributed by atoms with Gasteiger partial charge in [0.05, 0.1) is 16.8 Å². The number of amides is 1. The van der Waals surface area contributed by atoms with Gasteiger partial charge in [0.2, 0.25) is 5.91 Å². The third kappa shape index (κ3) is 3.60. The van der Waals surface area contributed by atoms with E-state index in [1.54, 1.807) is 30.6 Å². The van der Waals surface area contributed by atoms with E-state index in [4.69, 9.17) is 0 Å². The molecule has 0 radical (unpaired) electrons. The number of aromatic nitrogens is 6. The van der Waals surface area contributed by atoms with Crippen LogP contribution in [-0.4, -0.2) is 41.4 Å². The SMILES string of the molecule is Cn1c(SCC(=O)Nc2ccc3[nH]c(=O)[nH]c3c2)nnc1-c1cccnc1. The van der Waals surface area contributed by atoms with Gasteiger partial charge in [-0.2, -0.15) is 0 Å². The van der Waals surface area contributed by atoms with Crippen LogP contribution >= 0.6 is 11.8 Å². The number of imidazole rings is 1. The van der Waals surface area contributed by atoms with Gasteiger partial charge in [-0.15, -0.1) is 10.2 Å². The highest BCUT2D eigenvalue weighted by Crippen LogP contribution is 2.22. The Kier molecular flexibility index (Phi) is 4.47. The summed E-state index contributed by atoms with van der Waals surface area (Å²) in [6.07, 6.45) is 3.41. The molecule has 3 N–H and O–H groups in total. The molecule has 0 saturated carbocycles. The Labute approximate surface area is 157 Å². The number of rotatable bonds is 5. The lowest BCUT2D eigenvalue weighted by molar-refractivity contribution is -0.113. The smallest absolute Gasteiger partial charge is 0.323 e. The molecule has 0 unspecified atom stereocenters. The Bertz CT molecular complexity index is 1160. The van der Waals surface area contributed by atoms with E-state index in [0.29, 0.717) is 27.7 Å². The zero-order valence-corrected chi connectivity index (χ0v) is 15.1. The fourth-order valence-electron chi connectivity index (χ4n) is 2.62. The highest BCUT2D eigenvalue weighted by atomic mass is 32.2. The molecule has 3 aromatic heterocycles. The van der Waals surface area contributed by atoms with Crippen LogP contribution in [0.2, 0.25) is 0 Å². The van der Waals surface area contributed by atoms with E-state index in [1.165, 1.54) is 11.8 Å². The van der Waals surface area contributed by atoms with E-state index in [1.807, 2.05) is 23.7 Å². The second-order valence-corrected chi connectivity index (χ2v) is 6.73. The lowest BCUT2D eigenvalue weighted by Gasteiger charge is -2.06. The number of benzene rings is 1. The minimum Gasteiger partial charge on any atom is -0.325 e. The van der Waals surface area contributed by atoms with Crippen LogP contribution in [0.15, 0.2) is 52.7 Å². The summed E-state index contributed by atoms with van der Waals surface area (Å²) in [4.78, 5) is 32.9. The van der Waals surface area contributed by atoms with Gasteiger partial charge in [-0.05, 0) is 30.3 Å². The van der Waals surface area contributed by atoms with Gasteiger partial charge in [-0.1, -0.05) is 11.8 Å². The normalized spacial score (nSPS) is 11.0. The number of aromatic amines is 2. The van der Waals surface area contributed by atoms with Crippen LogP contribution in [0.3, 0.4) is 0 Å². The van der Waals surface area contributed by atoms with Crippen molar-refractivity contribution in [3.8, 4) is 11.4 Å². The van der Waals surface area contributed by atoms with Gasteiger partial charge in [0.1, 0.15) is 0 Å². The van der Waals surface area contributed by atoms with Gasteiger partial charge in [0.15, 0.2) is 11.0 Å². The summed E-state index contributed by atoms with van der Waals surface area (Å²) in [5.41, 5.74) is 2.51. The number of anilines is 1. The van der Waals surface area contributed by atoms with Crippen molar-refractivity contribution < 1.29 is 4.79 Å². The van der Waals surface area contributed by atoms with Crippen molar-refractivity contribution in [1.29, 1.82) is 0 Å². The molecule has 0 saturated heterocycles. The first-order valence-electron chi connectivity index (χ1n) is 8.04. The number of carbonyl (C=O) groups is 1. The molecular weight excluding hydrogens is 366 g/mol. The average molecular weight is 381 g/mol. The molecule has 0 fully saturated rings. The van der Waals surface area contributed by atoms with Crippen LogP contribution in [0, 0.1) is 0 Å². The van der Waals surface area contributed by atoms with Gasteiger partial charge in [0, 0.05) is 30.7 Å². The maximum atomic E-state index is 12.2. The monoisotopic (exact) mass is 381 g/mol. The zero-order valence-electron chi connectivity index (χ0n) is 14.3. The molecule has 10 heteroatoms. The Hall–Kier alpha value is -3.40. The number of fused-ring (bicyclic) bond motifs is 1. The largest absolute Gasteiger partial charge is 0.325 e. The predicted molar refractivity (Wildman–Crippen MR) is 103 cm³/mol. The second-order valence-electron chi connectivity index (χ2n) is 5.78. The third-order valence-corrected chi connectivity index (χ3v) is 4.91. The molecule has 9 nitrogen and oxygen atoms in total. The number of nitrogens with one attached hydrogen (secondary N) is 3. The van der Waals surface area contributed by atoms with Crippen molar-refractivity contribution in [1.82, 2.24) is 29.7 Å². The average Bonchev–Trinajstić information content (AvgIpc) is 3.22. The molecule has 1 amide bonds. The van der Waals surface area contributed by atoms with Crippen LogP contribution in [0.5, 0.6) is 0 Å². The first kappa shape index (κ1) is 17.0. The highest BCUT2D eigenvalue weighted by Gasteiger charge is 2.13. The summed E-state index contributed by atoms with van der Waals surface area (Å²) >= 11 is 1.29. The standard InChI is InChI=1S/C17H15N7O2S/c1-24-15(10-3-2-6-18-8-10)22-23-17(24)27-9-14(25)19-11-4-5-12-13(7-11)21-16(26)20-12/h2-8H,9H2,1H3,(H,19,25)(H2,20,21,26). The van der Waals surface area contributed by atoms with E-state index in [9.17, 15) is 9.59 Å².